The first-order chi connectivity index (χ1) is 12.9. The summed E-state index contributed by atoms with van der Waals surface area (Å²) < 4.78 is 11.1. The molecule has 2 fully saturated rings. The molecule has 0 spiro atoms. The Labute approximate surface area is 153 Å². The van der Waals surface area contributed by atoms with Crippen LogP contribution in [-0.4, -0.2) is 58.9 Å². The summed E-state index contributed by atoms with van der Waals surface area (Å²) in [6, 6.07) is 6.53. The molecule has 138 valence electrons. The maximum absolute atomic E-state index is 5.72. The average Bonchev–Trinajstić information content (AvgIpc) is 2.70. The first-order valence-electron chi connectivity index (χ1n) is 9.26. The second-order valence-corrected chi connectivity index (χ2v) is 6.75. The largest absolute Gasteiger partial charge is 0.381 e. The fraction of sp³-hybridized carbons (Fsp3) is 0.526. The van der Waals surface area contributed by atoms with Crippen LogP contribution in [0.15, 0.2) is 36.8 Å². The van der Waals surface area contributed by atoms with Gasteiger partial charge in [-0.2, -0.15) is 0 Å². The highest BCUT2D eigenvalue weighted by molar-refractivity contribution is 5.35. The van der Waals surface area contributed by atoms with E-state index < -0.39 is 0 Å². The fourth-order valence-electron chi connectivity index (χ4n) is 3.45. The van der Waals surface area contributed by atoms with Crippen LogP contribution >= 0.6 is 0 Å². The summed E-state index contributed by atoms with van der Waals surface area (Å²) in [5.41, 5.74) is 1.24. The maximum Gasteiger partial charge on any atom is 0.150 e. The molecule has 1 N–H and O–H groups in total. The van der Waals surface area contributed by atoms with Crippen molar-refractivity contribution in [3.8, 4) is 0 Å². The lowest BCUT2D eigenvalue weighted by Gasteiger charge is -2.34. The number of nitrogens with zero attached hydrogens (tertiary/aromatic N) is 4. The van der Waals surface area contributed by atoms with Crippen LogP contribution in [0.2, 0.25) is 0 Å². The molecule has 26 heavy (non-hydrogen) atoms. The van der Waals surface area contributed by atoms with Crippen LogP contribution in [-0.2, 0) is 16.0 Å². The minimum absolute atomic E-state index is 0.0633. The smallest absolute Gasteiger partial charge is 0.150 e. The van der Waals surface area contributed by atoms with E-state index in [4.69, 9.17) is 14.5 Å². The first kappa shape index (κ1) is 17.3. The fourth-order valence-corrected chi connectivity index (χ4v) is 3.45. The highest BCUT2D eigenvalue weighted by Gasteiger charge is 2.27. The molecule has 4 heterocycles. The van der Waals surface area contributed by atoms with E-state index in [1.54, 1.807) is 0 Å². The molecule has 1 atom stereocenters. The van der Waals surface area contributed by atoms with Crippen molar-refractivity contribution < 1.29 is 9.47 Å². The van der Waals surface area contributed by atoms with Crippen molar-refractivity contribution in [2.75, 3.05) is 38.3 Å². The monoisotopic (exact) mass is 355 g/mol. The molecule has 7 heteroatoms. The number of pyridine rings is 1. The van der Waals surface area contributed by atoms with Gasteiger partial charge < -0.3 is 14.8 Å². The van der Waals surface area contributed by atoms with E-state index in [9.17, 15) is 0 Å². The molecule has 0 aromatic carbocycles. The van der Waals surface area contributed by atoms with E-state index in [-0.39, 0.29) is 6.04 Å². The van der Waals surface area contributed by atoms with Crippen molar-refractivity contribution >= 4 is 5.82 Å². The summed E-state index contributed by atoms with van der Waals surface area (Å²) in [7, 11) is 0. The molecular formula is C19H25N5O2. The van der Waals surface area contributed by atoms with Gasteiger partial charge in [0.15, 0.2) is 0 Å². The van der Waals surface area contributed by atoms with Crippen LogP contribution < -0.4 is 5.32 Å². The summed E-state index contributed by atoms with van der Waals surface area (Å²) in [4.78, 5) is 15.8. The summed E-state index contributed by atoms with van der Waals surface area (Å²) in [5.74, 6) is 1.70. The molecule has 2 aromatic rings. The number of anilines is 1. The molecular weight excluding hydrogens is 330 g/mol. The zero-order valence-electron chi connectivity index (χ0n) is 14.9. The van der Waals surface area contributed by atoms with Crippen molar-refractivity contribution in [3.63, 3.8) is 0 Å². The van der Waals surface area contributed by atoms with Gasteiger partial charge in [0.05, 0.1) is 19.3 Å². The molecule has 2 aliphatic rings. The first-order valence-corrected chi connectivity index (χ1v) is 9.26. The second-order valence-electron chi connectivity index (χ2n) is 6.75. The van der Waals surface area contributed by atoms with Crippen molar-refractivity contribution in [2.45, 2.75) is 31.5 Å². The van der Waals surface area contributed by atoms with Gasteiger partial charge in [-0.25, -0.2) is 9.97 Å². The number of ether oxygens (including phenoxy) is 2. The summed E-state index contributed by atoms with van der Waals surface area (Å²) in [6.07, 6.45) is 7.53. The second kappa shape index (κ2) is 8.53. The van der Waals surface area contributed by atoms with Crippen LogP contribution in [0.5, 0.6) is 0 Å². The van der Waals surface area contributed by atoms with Gasteiger partial charge in [0, 0.05) is 50.9 Å². The molecule has 2 aliphatic heterocycles. The molecule has 0 aliphatic carbocycles. The van der Waals surface area contributed by atoms with Gasteiger partial charge in [0.2, 0.25) is 0 Å². The number of rotatable bonds is 5. The third-order valence-corrected chi connectivity index (χ3v) is 4.92. The van der Waals surface area contributed by atoms with Gasteiger partial charge in [0.1, 0.15) is 11.6 Å². The van der Waals surface area contributed by atoms with Crippen molar-refractivity contribution in [1.29, 1.82) is 0 Å². The quantitative estimate of drug-likeness (QED) is 0.880. The van der Waals surface area contributed by atoms with Crippen LogP contribution in [0.3, 0.4) is 0 Å². The number of nitrogens with one attached hydrogen (secondary N) is 1. The lowest BCUT2D eigenvalue weighted by Crippen LogP contribution is -2.40. The SMILES string of the molecule is c1cc(CN2CCOC[C@H]2c2nccc(NC3CCOCC3)n2)ccn1. The third-order valence-electron chi connectivity index (χ3n) is 4.92. The predicted octanol–water partition coefficient (Wildman–Crippen LogP) is 2.04. The third kappa shape index (κ3) is 4.35. The lowest BCUT2D eigenvalue weighted by molar-refractivity contribution is -0.0159. The Bertz CT molecular complexity index is 693. The van der Waals surface area contributed by atoms with Crippen molar-refractivity contribution in [1.82, 2.24) is 19.9 Å². The van der Waals surface area contributed by atoms with E-state index >= 15 is 0 Å². The molecule has 2 aromatic heterocycles. The van der Waals surface area contributed by atoms with Crippen molar-refractivity contribution in [2.24, 2.45) is 0 Å². The molecule has 2 saturated heterocycles. The Hall–Kier alpha value is -2.09. The summed E-state index contributed by atoms with van der Waals surface area (Å²) in [5, 5.41) is 3.53. The van der Waals surface area contributed by atoms with E-state index in [0.29, 0.717) is 12.6 Å². The maximum atomic E-state index is 5.72. The predicted molar refractivity (Wildman–Crippen MR) is 97.7 cm³/mol. The van der Waals surface area contributed by atoms with Crippen LogP contribution in [0.25, 0.3) is 0 Å². The number of hydrogen-bond donors (Lipinski definition) is 1. The Morgan fingerprint density at radius 1 is 1.04 bits per heavy atom. The summed E-state index contributed by atoms with van der Waals surface area (Å²) in [6.45, 7) is 4.69. The van der Waals surface area contributed by atoms with Gasteiger partial charge in [-0.05, 0) is 36.6 Å². The van der Waals surface area contributed by atoms with E-state index in [0.717, 1.165) is 57.4 Å². The normalized spacial score (nSPS) is 22.2. The zero-order valence-corrected chi connectivity index (χ0v) is 14.9. The average molecular weight is 355 g/mol. The van der Waals surface area contributed by atoms with E-state index in [2.05, 4.69) is 32.3 Å². The Morgan fingerprint density at radius 2 is 1.88 bits per heavy atom. The minimum atomic E-state index is 0.0633. The highest BCUT2D eigenvalue weighted by atomic mass is 16.5. The van der Waals surface area contributed by atoms with Gasteiger partial charge >= 0.3 is 0 Å². The van der Waals surface area contributed by atoms with Crippen LogP contribution in [0.1, 0.15) is 30.3 Å². The van der Waals surface area contributed by atoms with Gasteiger partial charge in [0.25, 0.3) is 0 Å². The molecule has 0 radical (unpaired) electrons. The van der Waals surface area contributed by atoms with Crippen molar-refractivity contribution in [3.05, 3.63) is 48.2 Å². The Balaban J connectivity index is 1.47. The van der Waals surface area contributed by atoms with Gasteiger partial charge in [-0.1, -0.05) is 0 Å². The molecule has 4 rings (SSSR count). The number of morpholine rings is 1. The molecule has 0 unspecified atom stereocenters. The molecule has 0 amide bonds. The number of aromatic nitrogens is 3. The van der Waals surface area contributed by atoms with Crippen LogP contribution in [0.4, 0.5) is 5.82 Å². The Kier molecular flexibility index (Phi) is 5.68. The standard InChI is InChI=1S/C19H25N5O2/c1-6-20-7-2-15(1)13-24-9-12-26-14-17(24)19-21-8-3-18(23-19)22-16-4-10-25-11-5-16/h1-3,6-8,16-17H,4-5,9-14H2,(H,21,22,23)/t17-/m0/s1. The van der Waals surface area contributed by atoms with Gasteiger partial charge in [-0.3, -0.25) is 9.88 Å². The van der Waals surface area contributed by atoms with Crippen LogP contribution in [0, 0.1) is 0 Å². The summed E-state index contributed by atoms with van der Waals surface area (Å²) >= 11 is 0. The number of hydrogen-bond acceptors (Lipinski definition) is 7. The van der Waals surface area contributed by atoms with Gasteiger partial charge in [-0.15, -0.1) is 0 Å². The van der Waals surface area contributed by atoms with E-state index in [1.807, 2.05) is 24.7 Å². The van der Waals surface area contributed by atoms with E-state index in [1.165, 1.54) is 5.56 Å². The Morgan fingerprint density at radius 3 is 2.73 bits per heavy atom. The molecule has 0 saturated carbocycles. The zero-order chi connectivity index (χ0) is 17.6. The molecule has 0 bridgehead atoms. The minimum Gasteiger partial charge on any atom is -0.381 e. The highest BCUT2D eigenvalue weighted by Crippen LogP contribution is 2.24. The topological polar surface area (TPSA) is 72.4 Å². The molecule has 7 nitrogen and oxygen atoms in total. The lowest BCUT2D eigenvalue weighted by atomic mass is 10.1.